The molecule has 30 heavy (non-hydrogen) atoms. The summed E-state index contributed by atoms with van der Waals surface area (Å²) in [4.78, 5) is 14.4. The van der Waals surface area contributed by atoms with Crippen molar-refractivity contribution in [2.24, 2.45) is 0 Å². The number of aromatic nitrogens is 2. The van der Waals surface area contributed by atoms with Gasteiger partial charge in [-0.15, -0.1) is 12.4 Å². The van der Waals surface area contributed by atoms with Gasteiger partial charge in [-0.1, -0.05) is 12.1 Å². The lowest BCUT2D eigenvalue weighted by molar-refractivity contribution is 0.0502. The van der Waals surface area contributed by atoms with Gasteiger partial charge >= 0.3 is 0 Å². The standard InChI is InChI=1S/C22H28N4O3.ClH/c1-27-19-4-2-17(3-5-19)13-25-7-6-22(15-25)16-29-14-18-12-23-21(24-20(18)22)26-8-10-28-11-9-26;/h2-5,12H,6-11,13-16H2,1H3;1H. The van der Waals surface area contributed by atoms with Crippen LogP contribution in [0.2, 0.25) is 0 Å². The first-order valence-corrected chi connectivity index (χ1v) is 10.4. The number of ether oxygens (including phenoxy) is 3. The van der Waals surface area contributed by atoms with Crippen molar-refractivity contribution in [3.05, 3.63) is 47.3 Å². The summed E-state index contributed by atoms with van der Waals surface area (Å²) in [7, 11) is 1.70. The first-order valence-electron chi connectivity index (χ1n) is 10.4. The zero-order valence-electron chi connectivity index (χ0n) is 17.4. The molecule has 1 unspecified atom stereocenters. The van der Waals surface area contributed by atoms with Gasteiger partial charge in [-0.05, 0) is 30.7 Å². The normalized spacial score (nSPS) is 23.8. The fourth-order valence-electron chi connectivity index (χ4n) is 4.70. The molecule has 0 radical (unpaired) electrons. The van der Waals surface area contributed by atoms with Crippen LogP contribution in [-0.2, 0) is 28.0 Å². The Morgan fingerprint density at radius 2 is 1.90 bits per heavy atom. The topological polar surface area (TPSA) is 60.0 Å². The molecule has 0 bridgehead atoms. The fourth-order valence-corrected chi connectivity index (χ4v) is 4.70. The third-order valence-electron chi connectivity index (χ3n) is 6.28. The minimum atomic E-state index is -0.0377. The van der Waals surface area contributed by atoms with Gasteiger partial charge in [0.1, 0.15) is 5.75 Å². The highest BCUT2D eigenvalue weighted by Crippen LogP contribution is 2.40. The molecule has 0 saturated carbocycles. The molecule has 3 aliphatic heterocycles. The molecule has 0 N–H and O–H groups in total. The summed E-state index contributed by atoms with van der Waals surface area (Å²) in [5.41, 5.74) is 3.60. The number of fused-ring (bicyclic) bond motifs is 2. The molecule has 0 aliphatic carbocycles. The Morgan fingerprint density at radius 3 is 2.67 bits per heavy atom. The molecule has 1 atom stereocenters. The summed E-state index contributed by atoms with van der Waals surface area (Å²) in [5, 5.41) is 0. The van der Waals surface area contributed by atoms with Gasteiger partial charge in [0.2, 0.25) is 5.95 Å². The number of hydrogen-bond acceptors (Lipinski definition) is 7. The van der Waals surface area contributed by atoms with Gasteiger partial charge in [-0.25, -0.2) is 9.97 Å². The summed E-state index contributed by atoms with van der Waals surface area (Å²) in [6.07, 6.45) is 3.04. The summed E-state index contributed by atoms with van der Waals surface area (Å²) < 4.78 is 16.7. The first kappa shape index (κ1) is 21.3. The van der Waals surface area contributed by atoms with E-state index in [2.05, 4.69) is 26.9 Å². The van der Waals surface area contributed by atoms with Gasteiger partial charge in [0.05, 0.1) is 44.6 Å². The van der Waals surface area contributed by atoms with E-state index in [1.807, 2.05) is 18.3 Å². The van der Waals surface area contributed by atoms with Gasteiger partial charge in [0, 0.05) is 37.9 Å². The van der Waals surface area contributed by atoms with Crippen LogP contribution in [0.4, 0.5) is 5.95 Å². The van der Waals surface area contributed by atoms with Crippen molar-refractivity contribution in [2.75, 3.05) is 58.0 Å². The largest absolute Gasteiger partial charge is 0.497 e. The zero-order valence-corrected chi connectivity index (χ0v) is 18.2. The molecule has 1 aromatic carbocycles. The van der Waals surface area contributed by atoms with Crippen LogP contribution >= 0.6 is 12.4 Å². The Hall–Kier alpha value is -1.93. The highest BCUT2D eigenvalue weighted by atomic mass is 35.5. The Kier molecular flexibility index (Phi) is 6.43. The van der Waals surface area contributed by atoms with E-state index < -0.39 is 0 Å². The minimum absolute atomic E-state index is 0. The second-order valence-corrected chi connectivity index (χ2v) is 8.23. The number of rotatable bonds is 4. The van der Waals surface area contributed by atoms with Gasteiger partial charge in [0.15, 0.2) is 0 Å². The SMILES string of the molecule is COc1ccc(CN2CCC3(COCc4cnc(N5CCOCC5)nc43)C2)cc1.Cl. The van der Waals surface area contributed by atoms with Crippen LogP contribution in [0.5, 0.6) is 5.75 Å². The highest BCUT2D eigenvalue weighted by Gasteiger charge is 2.45. The molecule has 162 valence electrons. The van der Waals surface area contributed by atoms with Crippen molar-refractivity contribution in [3.8, 4) is 5.75 Å². The van der Waals surface area contributed by atoms with Crippen LogP contribution in [0, 0.1) is 0 Å². The van der Waals surface area contributed by atoms with Crippen LogP contribution in [0.25, 0.3) is 0 Å². The van der Waals surface area contributed by atoms with Gasteiger partial charge in [-0.3, -0.25) is 4.90 Å². The van der Waals surface area contributed by atoms with Crippen molar-refractivity contribution in [3.63, 3.8) is 0 Å². The van der Waals surface area contributed by atoms with Crippen molar-refractivity contribution >= 4 is 18.4 Å². The predicted molar refractivity (Wildman–Crippen MR) is 117 cm³/mol. The van der Waals surface area contributed by atoms with Crippen molar-refractivity contribution in [2.45, 2.75) is 25.0 Å². The molecule has 4 heterocycles. The average molecular weight is 433 g/mol. The van der Waals surface area contributed by atoms with E-state index in [1.54, 1.807) is 7.11 Å². The molecule has 5 rings (SSSR count). The number of nitrogens with zero attached hydrogens (tertiary/aromatic N) is 4. The first-order chi connectivity index (χ1) is 14.3. The molecule has 0 amide bonds. The molecule has 8 heteroatoms. The van der Waals surface area contributed by atoms with Crippen LogP contribution in [0.15, 0.2) is 30.5 Å². The molecule has 2 fully saturated rings. The second-order valence-electron chi connectivity index (χ2n) is 8.23. The lowest BCUT2D eigenvalue weighted by atomic mass is 9.80. The van der Waals surface area contributed by atoms with E-state index in [0.717, 1.165) is 76.2 Å². The summed E-state index contributed by atoms with van der Waals surface area (Å²) in [5.74, 6) is 1.73. The third-order valence-corrected chi connectivity index (χ3v) is 6.28. The van der Waals surface area contributed by atoms with Gasteiger partial charge in [0.25, 0.3) is 0 Å². The average Bonchev–Trinajstić information content (AvgIpc) is 3.18. The van der Waals surface area contributed by atoms with Crippen LogP contribution < -0.4 is 9.64 Å². The molecule has 3 aliphatic rings. The molecule has 2 saturated heterocycles. The Morgan fingerprint density at radius 1 is 1.10 bits per heavy atom. The van der Waals surface area contributed by atoms with Crippen LogP contribution in [0.3, 0.4) is 0 Å². The minimum Gasteiger partial charge on any atom is -0.497 e. The maximum Gasteiger partial charge on any atom is 0.225 e. The summed E-state index contributed by atoms with van der Waals surface area (Å²) >= 11 is 0. The fraction of sp³-hybridized carbons (Fsp3) is 0.545. The number of morpholine rings is 1. The number of likely N-dealkylation sites (tertiary alicyclic amines) is 1. The molecule has 2 aromatic rings. The van der Waals surface area contributed by atoms with E-state index in [4.69, 9.17) is 19.2 Å². The quantitative estimate of drug-likeness (QED) is 0.735. The molecule has 1 spiro atoms. The smallest absolute Gasteiger partial charge is 0.225 e. The zero-order chi connectivity index (χ0) is 19.7. The van der Waals surface area contributed by atoms with Crippen LogP contribution in [0.1, 0.15) is 23.2 Å². The number of benzene rings is 1. The molecular weight excluding hydrogens is 404 g/mol. The monoisotopic (exact) mass is 432 g/mol. The second kappa shape index (κ2) is 9.06. The maximum atomic E-state index is 5.99. The number of anilines is 1. The highest BCUT2D eigenvalue weighted by molar-refractivity contribution is 5.85. The van der Waals surface area contributed by atoms with Crippen molar-refractivity contribution in [1.29, 1.82) is 0 Å². The van der Waals surface area contributed by atoms with E-state index in [1.165, 1.54) is 11.3 Å². The molecule has 7 nitrogen and oxygen atoms in total. The summed E-state index contributed by atoms with van der Waals surface area (Å²) in [6, 6.07) is 8.35. The van der Waals surface area contributed by atoms with Crippen molar-refractivity contribution in [1.82, 2.24) is 14.9 Å². The Labute approximate surface area is 183 Å². The van der Waals surface area contributed by atoms with E-state index >= 15 is 0 Å². The van der Waals surface area contributed by atoms with E-state index in [0.29, 0.717) is 6.61 Å². The number of methoxy groups -OCH3 is 1. The lowest BCUT2D eigenvalue weighted by Gasteiger charge is -2.35. The van der Waals surface area contributed by atoms with Gasteiger partial charge in [-0.2, -0.15) is 0 Å². The summed E-state index contributed by atoms with van der Waals surface area (Å²) in [6.45, 7) is 7.48. The molecular formula is C22H29ClN4O3. The van der Waals surface area contributed by atoms with Gasteiger partial charge < -0.3 is 19.1 Å². The van der Waals surface area contributed by atoms with E-state index in [9.17, 15) is 0 Å². The number of halogens is 1. The predicted octanol–water partition coefficient (Wildman–Crippen LogP) is 2.42. The Bertz CT molecular complexity index is 860. The van der Waals surface area contributed by atoms with Crippen molar-refractivity contribution < 1.29 is 14.2 Å². The Balaban J connectivity index is 0.00000218. The van der Waals surface area contributed by atoms with E-state index in [-0.39, 0.29) is 17.8 Å². The lowest BCUT2D eigenvalue weighted by Crippen LogP contribution is -2.42. The van der Waals surface area contributed by atoms with Crippen LogP contribution in [-0.4, -0.2) is 68.0 Å². The molecule has 1 aromatic heterocycles. The number of hydrogen-bond donors (Lipinski definition) is 0. The third kappa shape index (κ3) is 4.12. The maximum absolute atomic E-state index is 5.99.